The molecule has 0 aromatic carbocycles. The van der Waals surface area contributed by atoms with Crippen LogP contribution in [0, 0.1) is 0 Å². The Kier molecular flexibility index (Phi) is 23.6. The summed E-state index contributed by atoms with van der Waals surface area (Å²) in [5.41, 5.74) is 0. The SMILES string of the molecule is CCCCCCCCCCCC(O)CCCCC(CCCC)S(=O)(=O)[O-].[K+]. The van der Waals surface area contributed by atoms with Crippen LogP contribution in [-0.4, -0.2) is 29.4 Å². The van der Waals surface area contributed by atoms with Gasteiger partial charge in [0.15, 0.2) is 0 Å². The summed E-state index contributed by atoms with van der Waals surface area (Å²) in [6, 6.07) is 0. The average molecular weight is 431 g/mol. The minimum absolute atomic E-state index is 0. The van der Waals surface area contributed by atoms with E-state index < -0.39 is 15.4 Å². The Morgan fingerprint density at radius 3 is 1.52 bits per heavy atom. The van der Waals surface area contributed by atoms with Gasteiger partial charge in [-0.3, -0.25) is 0 Å². The van der Waals surface area contributed by atoms with Crippen molar-refractivity contribution in [1.29, 1.82) is 0 Å². The summed E-state index contributed by atoms with van der Waals surface area (Å²) >= 11 is 0. The molecule has 158 valence electrons. The second-order valence-electron chi connectivity index (χ2n) is 7.81. The number of unbranched alkanes of at least 4 members (excludes halogenated alkanes) is 10. The monoisotopic (exact) mass is 430 g/mol. The van der Waals surface area contributed by atoms with Gasteiger partial charge in [-0.1, -0.05) is 97.3 Å². The molecule has 0 bridgehead atoms. The number of aliphatic hydroxyl groups excluding tert-OH is 1. The second-order valence-corrected chi connectivity index (χ2v) is 9.46. The minimum Gasteiger partial charge on any atom is -0.748 e. The molecule has 0 aliphatic rings. The maximum Gasteiger partial charge on any atom is 1.00 e. The Morgan fingerprint density at radius 1 is 0.667 bits per heavy atom. The fourth-order valence-electron chi connectivity index (χ4n) is 3.45. The smallest absolute Gasteiger partial charge is 0.748 e. The molecule has 0 aromatic rings. The number of rotatable bonds is 19. The molecule has 2 unspecified atom stereocenters. The zero-order chi connectivity index (χ0) is 19.7. The van der Waals surface area contributed by atoms with Crippen molar-refractivity contribution in [3.8, 4) is 0 Å². The van der Waals surface area contributed by atoms with E-state index in [0.717, 1.165) is 38.5 Å². The number of hydrogen-bond acceptors (Lipinski definition) is 4. The van der Waals surface area contributed by atoms with Gasteiger partial charge >= 0.3 is 51.4 Å². The third-order valence-corrected chi connectivity index (χ3v) is 6.53. The quantitative estimate of drug-likeness (QED) is 0.194. The van der Waals surface area contributed by atoms with E-state index in [1.165, 1.54) is 51.4 Å². The fraction of sp³-hybridized carbons (Fsp3) is 1.00. The van der Waals surface area contributed by atoms with Crippen molar-refractivity contribution in [2.24, 2.45) is 0 Å². The maximum absolute atomic E-state index is 11.3. The molecule has 1 N–H and O–H groups in total. The maximum atomic E-state index is 11.3. The molecule has 27 heavy (non-hydrogen) atoms. The Labute approximate surface area is 211 Å². The van der Waals surface area contributed by atoms with E-state index in [2.05, 4.69) is 6.92 Å². The van der Waals surface area contributed by atoms with E-state index in [-0.39, 0.29) is 57.5 Å². The topological polar surface area (TPSA) is 77.4 Å². The molecule has 0 aromatic heterocycles. The first kappa shape index (κ1) is 30.7. The summed E-state index contributed by atoms with van der Waals surface area (Å²) in [6.45, 7) is 4.24. The van der Waals surface area contributed by atoms with E-state index >= 15 is 0 Å². The Hall–Kier alpha value is 1.51. The second kappa shape index (κ2) is 20.8. The molecule has 0 radical (unpaired) electrons. The van der Waals surface area contributed by atoms with Crippen molar-refractivity contribution in [1.82, 2.24) is 0 Å². The molecule has 0 aliphatic heterocycles. The molecule has 0 spiro atoms. The fourth-order valence-corrected chi connectivity index (χ4v) is 4.36. The van der Waals surface area contributed by atoms with Gasteiger partial charge in [0.25, 0.3) is 0 Å². The van der Waals surface area contributed by atoms with Crippen molar-refractivity contribution in [3.05, 3.63) is 0 Å². The first-order chi connectivity index (χ1) is 12.4. The van der Waals surface area contributed by atoms with E-state index in [0.29, 0.717) is 19.3 Å². The van der Waals surface area contributed by atoms with Gasteiger partial charge < -0.3 is 9.66 Å². The molecular weight excluding hydrogens is 387 g/mol. The minimum atomic E-state index is -4.18. The van der Waals surface area contributed by atoms with E-state index in [4.69, 9.17) is 0 Å². The summed E-state index contributed by atoms with van der Waals surface area (Å²) < 4.78 is 33.8. The molecule has 6 heteroatoms. The Balaban J connectivity index is 0. The van der Waals surface area contributed by atoms with Gasteiger partial charge in [0, 0.05) is 5.25 Å². The van der Waals surface area contributed by atoms with Crippen molar-refractivity contribution in [2.45, 2.75) is 134 Å². The summed E-state index contributed by atoms with van der Waals surface area (Å²) in [4.78, 5) is 0. The summed E-state index contributed by atoms with van der Waals surface area (Å²) in [5.74, 6) is 0. The third-order valence-electron chi connectivity index (χ3n) is 5.24. The van der Waals surface area contributed by atoms with Crippen LogP contribution in [0.15, 0.2) is 0 Å². The Morgan fingerprint density at radius 2 is 1.04 bits per heavy atom. The Bertz CT molecular complexity index is 401. The summed E-state index contributed by atoms with van der Waals surface area (Å²) in [6.07, 6.45) is 16.9. The van der Waals surface area contributed by atoms with Gasteiger partial charge in [0.05, 0.1) is 16.2 Å². The zero-order valence-electron chi connectivity index (χ0n) is 18.3. The first-order valence-corrected chi connectivity index (χ1v) is 12.5. The van der Waals surface area contributed by atoms with Gasteiger partial charge in [0.2, 0.25) is 0 Å². The largest absolute Gasteiger partial charge is 1.00 e. The first-order valence-electron chi connectivity index (χ1n) is 11.0. The molecule has 4 nitrogen and oxygen atoms in total. The molecule has 0 rings (SSSR count). The molecule has 0 fully saturated rings. The van der Waals surface area contributed by atoms with Crippen LogP contribution in [-0.2, 0) is 10.1 Å². The molecule has 0 heterocycles. The molecular formula is C21H43KO4S. The molecule has 0 amide bonds. The van der Waals surface area contributed by atoms with Crippen LogP contribution >= 0.6 is 0 Å². The van der Waals surface area contributed by atoms with E-state index in [1.807, 2.05) is 6.92 Å². The van der Waals surface area contributed by atoms with Gasteiger partial charge in [-0.2, -0.15) is 0 Å². The molecule has 0 saturated carbocycles. The van der Waals surface area contributed by atoms with Crippen LogP contribution in [0.25, 0.3) is 0 Å². The van der Waals surface area contributed by atoms with Crippen LogP contribution in [0.1, 0.15) is 123 Å². The van der Waals surface area contributed by atoms with Crippen LogP contribution in [0.2, 0.25) is 0 Å². The van der Waals surface area contributed by atoms with Gasteiger partial charge in [0.1, 0.15) is 0 Å². The van der Waals surface area contributed by atoms with Gasteiger partial charge in [-0.05, 0) is 25.7 Å². The third kappa shape index (κ3) is 20.6. The zero-order valence-corrected chi connectivity index (χ0v) is 22.2. The normalized spacial score (nSPS) is 13.9. The van der Waals surface area contributed by atoms with Crippen LogP contribution in [0.3, 0.4) is 0 Å². The standard InChI is InChI=1S/C21H44O4S.K/c1-3-5-7-8-9-10-11-12-13-16-20(22)17-14-15-19-21(18-6-4-2)26(23,24)25;/h20-22H,3-19H2,1-2H3,(H,23,24,25);/q;+1/p-1. The van der Waals surface area contributed by atoms with Crippen LogP contribution in [0.4, 0.5) is 0 Å². The van der Waals surface area contributed by atoms with Crippen molar-refractivity contribution >= 4 is 10.1 Å². The molecule has 0 aliphatic carbocycles. The van der Waals surface area contributed by atoms with Crippen molar-refractivity contribution in [2.75, 3.05) is 0 Å². The summed E-state index contributed by atoms with van der Waals surface area (Å²) in [7, 11) is -4.18. The van der Waals surface area contributed by atoms with Crippen molar-refractivity contribution < 1.29 is 69.5 Å². The van der Waals surface area contributed by atoms with Crippen LogP contribution < -0.4 is 51.4 Å². The predicted molar refractivity (Wildman–Crippen MR) is 109 cm³/mol. The average Bonchev–Trinajstić information content (AvgIpc) is 2.58. The van der Waals surface area contributed by atoms with Crippen LogP contribution in [0.5, 0.6) is 0 Å². The van der Waals surface area contributed by atoms with Gasteiger partial charge in [-0.15, -0.1) is 0 Å². The predicted octanol–water partition coefficient (Wildman–Crippen LogP) is 2.94. The number of aliphatic hydroxyl groups is 1. The van der Waals surface area contributed by atoms with Gasteiger partial charge in [-0.25, -0.2) is 8.42 Å². The van der Waals surface area contributed by atoms with E-state index in [9.17, 15) is 18.1 Å². The molecule has 2 atom stereocenters. The summed E-state index contributed by atoms with van der Waals surface area (Å²) in [5, 5.41) is 9.30. The van der Waals surface area contributed by atoms with E-state index in [1.54, 1.807) is 0 Å². The number of hydrogen-bond donors (Lipinski definition) is 1. The van der Waals surface area contributed by atoms with Crippen molar-refractivity contribution in [3.63, 3.8) is 0 Å². The molecule has 0 saturated heterocycles.